The monoisotopic (exact) mass is 525 g/mol. The van der Waals surface area contributed by atoms with Gasteiger partial charge in [-0.05, 0) is 51.5 Å². The number of amides is 1. The van der Waals surface area contributed by atoms with Gasteiger partial charge < -0.3 is 14.4 Å². The van der Waals surface area contributed by atoms with Gasteiger partial charge in [0.05, 0.1) is 33.5 Å². The molecule has 0 aromatic heterocycles. The number of thioether (sulfide) groups is 2. The number of rotatable bonds is 5. The highest BCUT2D eigenvalue weighted by Gasteiger charge is 2.45. The van der Waals surface area contributed by atoms with Crippen LogP contribution < -0.4 is 9.64 Å². The maximum absolute atomic E-state index is 12.9. The number of nitrogens with zero attached hydrogens (tertiary/aromatic N) is 1. The van der Waals surface area contributed by atoms with E-state index < -0.39 is 5.54 Å². The molecule has 0 spiro atoms. The van der Waals surface area contributed by atoms with Crippen LogP contribution in [0.1, 0.15) is 45.7 Å². The van der Waals surface area contributed by atoms with E-state index in [1.807, 2.05) is 69.3 Å². The van der Waals surface area contributed by atoms with Crippen LogP contribution in [0.2, 0.25) is 0 Å². The van der Waals surface area contributed by atoms with E-state index in [9.17, 15) is 9.59 Å². The van der Waals surface area contributed by atoms with Crippen LogP contribution in [-0.2, 0) is 14.3 Å². The molecule has 35 heavy (non-hydrogen) atoms. The first-order valence-corrected chi connectivity index (χ1v) is 13.4. The Morgan fingerprint density at radius 3 is 2.37 bits per heavy atom. The summed E-state index contributed by atoms with van der Waals surface area (Å²) in [5.74, 6) is 0.258. The second-order valence-corrected chi connectivity index (χ2v) is 11.2. The fourth-order valence-corrected chi connectivity index (χ4v) is 7.41. The third kappa shape index (κ3) is 4.67. The minimum absolute atomic E-state index is 0.0890. The number of esters is 1. The van der Waals surface area contributed by atoms with Gasteiger partial charge in [0, 0.05) is 23.0 Å². The Morgan fingerprint density at radius 2 is 1.74 bits per heavy atom. The maximum atomic E-state index is 12.9. The molecule has 2 aliphatic rings. The van der Waals surface area contributed by atoms with Gasteiger partial charge in [0.1, 0.15) is 10.7 Å². The second-order valence-electron chi connectivity index (χ2n) is 8.47. The molecule has 2 aliphatic heterocycles. The predicted molar refractivity (Wildman–Crippen MR) is 150 cm³/mol. The van der Waals surface area contributed by atoms with Crippen LogP contribution in [-0.4, -0.2) is 35.5 Å². The molecular formula is C27H27NO4S3. The van der Waals surface area contributed by atoms with E-state index in [1.54, 1.807) is 18.7 Å². The molecule has 0 fully saturated rings. The number of carbonyl (C=O) groups is 2. The molecule has 0 aliphatic carbocycles. The summed E-state index contributed by atoms with van der Waals surface area (Å²) in [4.78, 5) is 29.5. The summed E-state index contributed by atoms with van der Waals surface area (Å²) < 4.78 is 12.1. The zero-order valence-corrected chi connectivity index (χ0v) is 22.8. The van der Waals surface area contributed by atoms with E-state index in [1.165, 1.54) is 23.5 Å². The average molecular weight is 526 g/mol. The van der Waals surface area contributed by atoms with Crippen molar-refractivity contribution in [2.45, 2.75) is 40.2 Å². The van der Waals surface area contributed by atoms with E-state index in [0.29, 0.717) is 28.7 Å². The van der Waals surface area contributed by atoms with Gasteiger partial charge in [-0.15, -0.1) is 0 Å². The van der Waals surface area contributed by atoms with Crippen molar-refractivity contribution in [3.8, 4) is 5.75 Å². The molecule has 2 heterocycles. The number of hydrogen-bond donors (Lipinski definition) is 0. The highest BCUT2D eigenvalue weighted by atomic mass is 32.2. The van der Waals surface area contributed by atoms with Crippen molar-refractivity contribution < 1.29 is 19.1 Å². The van der Waals surface area contributed by atoms with E-state index in [4.69, 9.17) is 21.7 Å². The first-order chi connectivity index (χ1) is 16.7. The Labute approximate surface area is 219 Å². The lowest BCUT2D eigenvalue weighted by molar-refractivity contribution is -0.137. The quantitative estimate of drug-likeness (QED) is 0.245. The Bertz CT molecular complexity index is 1260. The number of ether oxygens (including phenoxy) is 2. The minimum Gasteiger partial charge on any atom is -0.494 e. The molecule has 2 aromatic rings. The number of thiocarbonyl (C=S) groups is 1. The molecule has 0 saturated carbocycles. The van der Waals surface area contributed by atoms with Gasteiger partial charge in [0.2, 0.25) is 5.91 Å². The fourth-order valence-electron chi connectivity index (χ4n) is 4.28. The fraction of sp³-hybridized carbons (Fsp3) is 0.296. The summed E-state index contributed by atoms with van der Waals surface area (Å²) in [6, 6.07) is 15.5. The van der Waals surface area contributed by atoms with Gasteiger partial charge in [-0.1, -0.05) is 66.1 Å². The van der Waals surface area contributed by atoms with Crippen molar-refractivity contribution in [1.82, 2.24) is 0 Å². The van der Waals surface area contributed by atoms with Gasteiger partial charge in [-0.25, -0.2) is 4.79 Å². The highest BCUT2D eigenvalue weighted by Crippen LogP contribution is 2.58. The van der Waals surface area contributed by atoms with E-state index in [2.05, 4.69) is 0 Å². The molecule has 0 atom stereocenters. The summed E-state index contributed by atoms with van der Waals surface area (Å²) in [7, 11) is 0. The summed E-state index contributed by atoms with van der Waals surface area (Å²) in [5, 5.41) is 0. The van der Waals surface area contributed by atoms with Crippen LogP contribution in [0.5, 0.6) is 5.75 Å². The number of anilines is 1. The van der Waals surface area contributed by atoms with Crippen molar-refractivity contribution in [1.29, 1.82) is 0 Å². The standard InChI is InChI=1S/C27H27NO4S3/c1-6-31-18-13-14-20-19(15-18)21(24(33)27(4,5)28(20)16(3)29)26-34-22(17-11-9-8-10-12-17)23(35-26)25(30)32-7-2/h8-15H,6-7H2,1-5H3/b26-21-. The van der Waals surface area contributed by atoms with E-state index in [-0.39, 0.29) is 11.9 Å². The van der Waals surface area contributed by atoms with Crippen LogP contribution in [0.4, 0.5) is 5.69 Å². The average Bonchev–Trinajstić information content (AvgIpc) is 3.26. The van der Waals surface area contributed by atoms with Crippen molar-refractivity contribution in [2.24, 2.45) is 0 Å². The molecule has 4 rings (SSSR count). The first-order valence-electron chi connectivity index (χ1n) is 11.4. The number of hydrogen-bond acceptors (Lipinski definition) is 7. The molecule has 0 N–H and O–H groups in total. The van der Waals surface area contributed by atoms with Crippen molar-refractivity contribution in [3.05, 3.63) is 68.8 Å². The summed E-state index contributed by atoms with van der Waals surface area (Å²) >= 11 is 8.94. The number of fused-ring (bicyclic) bond motifs is 1. The van der Waals surface area contributed by atoms with Gasteiger partial charge >= 0.3 is 5.97 Å². The molecule has 8 heteroatoms. The topological polar surface area (TPSA) is 55.8 Å². The van der Waals surface area contributed by atoms with Crippen LogP contribution in [0, 0.1) is 0 Å². The third-order valence-corrected chi connectivity index (χ3v) is 9.07. The maximum Gasteiger partial charge on any atom is 0.346 e. The zero-order chi connectivity index (χ0) is 25.3. The first kappa shape index (κ1) is 25.5. The Kier molecular flexibility index (Phi) is 7.45. The Morgan fingerprint density at radius 1 is 1.03 bits per heavy atom. The summed E-state index contributed by atoms with van der Waals surface area (Å²) in [6.45, 7) is 10.0. The minimum atomic E-state index is -0.732. The van der Waals surface area contributed by atoms with Crippen LogP contribution >= 0.6 is 35.7 Å². The van der Waals surface area contributed by atoms with Crippen molar-refractivity contribution in [3.63, 3.8) is 0 Å². The van der Waals surface area contributed by atoms with E-state index in [0.717, 1.165) is 31.5 Å². The highest BCUT2D eigenvalue weighted by molar-refractivity contribution is 8.32. The number of benzene rings is 2. The molecule has 0 saturated heterocycles. The molecule has 1 amide bonds. The molecule has 182 valence electrons. The zero-order valence-electron chi connectivity index (χ0n) is 20.3. The summed E-state index contributed by atoms with van der Waals surface area (Å²) in [5.41, 5.74) is 2.65. The lowest BCUT2D eigenvalue weighted by atomic mass is 9.83. The normalized spacial score (nSPS) is 19.0. The lowest BCUT2D eigenvalue weighted by Crippen LogP contribution is -2.55. The molecule has 2 aromatic carbocycles. The molecule has 0 radical (unpaired) electrons. The Hall–Kier alpha value is -2.55. The van der Waals surface area contributed by atoms with Crippen molar-refractivity contribution >= 4 is 68.6 Å². The van der Waals surface area contributed by atoms with Gasteiger partial charge in [-0.2, -0.15) is 0 Å². The second kappa shape index (κ2) is 10.2. The summed E-state index contributed by atoms with van der Waals surface area (Å²) in [6.07, 6.45) is 0. The lowest BCUT2D eigenvalue weighted by Gasteiger charge is -2.45. The predicted octanol–water partition coefficient (Wildman–Crippen LogP) is 6.68. The van der Waals surface area contributed by atoms with Crippen LogP contribution in [0.25, 0.3) is 10.5 Å². The molecular weight excluding hydrogens is 499 g/mol. The van der Waals surface area contributed by atoms with Crippen LogP contribution in [0.3, 0.4) is 0 Å². The largest absolute Gasteiger partial charge is 0.494 e. The molecule has 5 nitrogen and oxygen atoms in total. The van der Waals surface area contributed by atoms with Crippen LogP contribution in [0.15, 0.2) is 57.7 Å². The van der Waals surface area contributed by atoms with E-state index >= 15 is 0 Å². The SMILES string of the molecule is CCOC(=O)C1=C(c2ccccc2)S/C(=C2/C(=S)C(C)(C)N(C(C)=O)c3ccc(OCC)cc32)S1. The Balaban J connectivity index is 1.93. The molecule has 0 unspecified atom stereocenters. The van der Waals surface area contributed by atoms with Crippen molar-refractivity contribution in [2.75, 3.05) is 18.1 Å². The smallest absolute Gasteiger partial charge is 0.346 e. The van der Waals surface area contributed by atoms with Gasteiger partial charge in [0.25, 0.3) is 0 Å². The molecule has 0 bridgehead atoms. The number of carbonyl (C=O) groups excluding carboxylic acids is 2. The van der Waals surface area contributed by atoms with Gasteiger partial charge in [-0.3, -0.25) is 4.79 Å². The van der Waals surface area contributed by atoms with Gasteiger partial charge in [0.15, 0.2) is 0 Å². The third-order valence-electron chi connectivity index (χ3n) is 5.74.